The molecule has 140 valence electrons. The number of methoxy groups -OCH3 is 1. The van der Waals surface area contributed by atoms with Gasteiger partial charge in [0.2, 0.25) is 0 Å². The van der Waals surface area contributed by atoms with Crippen molar-refractivity contribution in [2.75, 3.05) is 25.6 Å². The first-order valence-electron chi connectivity index (χ1n) is 7.99. The molecule has 0 unspecified atom stereocenters. The summed E-state index contributed by atoms with van der Waals surface area (Å²) < 4.78 is 44.8. The van der Waals surface area contributed by atoms with Gasteiger partial charge in [0.05, 0.1) is 18.7 Å². The van der Waals surface area contributed by atoms with Crippen LogP contribution in [0.2, 0.25) is 0 Å². The molecule has 5 nitrogen and oxygen atoms in total. The summed E-state index contributed by atoms with van der Waals surface area (Å²) in [5.74, 6) is -3.86. The monoisotopic (exact) mass is 376 g/mol. The Kier molecular flexibility index (Phi) is 5.27. The Morgan fingerprint density at radius 3 is 2.30 bits per heavy atom. The van der Waals surface area contributed by atoms with Crippen molar-refractivity contribution in [3.63, 3.8) is 0 Å². The first-order chi connectivity index (χ1) is 12.9. The number of carbonyl (C=O) groups is 2. The van der Waals surface area contributed by atoms with E-state index in [1.807, 2.05) is 0 Å². The van der Waals surface area contributed by atoms with Crippen LogP contribution in [0.4, 0.5) is 18.9 Å². The number of halogens is 3. The van der Waals surface area contributed by atoms with E-state index in [-0.39, 0.29) is 30.1 Å². The third kappa shape index (κ3) is 3.70. The van der Waals surface area contributed by atoms with E-state index in [0.29, 0.717) is 5.56 Å². The van der Waals surface area contributed by atoms with E-state index in [1.54, 1.807) is 0 Å². The molecule has 2 aromatic carbocycles. The predicted molar refractivity (Wildman–Crippen MR) is 91.9 cm³/mol. The van der Waals surface area contributed by atoms with E-state index in [2.05, 4.69) is 5.32 Å². The van der Waals surface area contributed by atoms with Crippen molar-refractivity contribution in [2.24, 2.45) is 0 Å². The number of nitrogens with one attached hydrogen (secondary N) is 1. The van der Waals surface area contributed by atoms with Gasteiger partial charge in [-0.25, -0.2) is 13.2 Å². The molecule has 0 radical (unpaired) electrons. The number of rotatable bonds is 6. The average Bonchev–Trinajstić information content (AvgIpc) is 2.87. The second kappa shape index (κ2) is 7.63. The molecular weight excluding hydrogens is 361 g/mol. The number of hydrogen-bond donors (Lipinski definition) is 1. The van der Waals surface area contributed by atoms with Crippen LogP contribution in [-0.2, 0) is 14.3 Å². The highest BCUT2D eigenvalue weighted by molar-refractivity contribution is 6.36. The molecule has 1 N–H and O–H groups in total. The minimum absolute atomic E-state index is 0.0147. The first-order valence-corrected chi connectivity index (χ1v) is 7.99. The van der Waals surface area contributed by atoms with Crippen molar-refractivity contribution < 1.29 is 27.5 Å². The minimum Gasteiger partial charge on any atom is -0.383 e. The fourth-order valence-corrected chi connectivity index (χ4v) is 2.68. The van der Waals surface area contributed by atoms with Crippen LogP contribution in [0, 0.1) is 17.5 Å². The summed E-state index contributed by atoms with van der Waals surface area (Å²) in [5, 5.41) is 2.69. The molecular formula is C19H15F3N2O3. The van der Waals surface area contributed by atoms with E-state index in [9.17, 15) is 22.8 Å². The smallest absolute Gasteiger partial charge is 0.278 e. The summed E-state index contributed by atoms with van der Waals surface area (Å²) in [6.45, 7) is 0.147. The highest BCUT2D eigenvalue weighted by Crippen LogP contribution is 2.30. The average molecular weight is 376 g/mol. The maximum Gasteiger partial charge on any atom is 0.278 e. The number of ether oxygens (including phenoxy) is 1. The Morgan fingerprint density at radius 1 is 0.963 bits per heavy atom. The van der Waals surface area contributed by atoms with Crippen LogP contribution in [0.25, 0.3) is 5.57 Å². The van der Waals surface area contributed by atoms with Gasteiger partial charge in [0.1, 0.15) is 11.5 Å². The standard InChI is InChI=1S/C19H15F3N2O3/c1-27-9-8-24-18(25)16(11-2-4-12(20)5-3-11)17(19(24)26)23-13-6-7-14(21)15(22)10-13/h2-7,10,23H,8-9H2,1H3. The number of amides is 2. The lowest BCUT2D eigenvalue weighted by Gasteiger charge is -2.14. The molecule has 27 heavy (non-hydrogen) atoms. The third-order valence-electron chi connectivity index (χ3n) is 4.01. The minimum atomic E-state index is -1.10. The van der Waals surface area contributed by atoms with Gasteiger partial charge in [0.15, 0.2) is 11.6 Å². The van der Waals surface area contributed by atoms with Gasteiger partial charge in [-0.1, -0.05) is 12.1 Å². The number of imide groups is 1. The largest absolute Gasteiger partial charge is 0.383 e. The zero-order valence-corrected chi connectivity index (χ0v) is 14.3. The second-order valence-electron chi connectivity index (χ2n) is 5.77. The van der Waals surface area contributed by atoms with Gasteiger partial charge in [-0.05, 0) is 29.8 Å². The molecule has 2 amide bonds. The predicted octanol–water partition coefficient (Wildman–Crippen LogP) is 2.94. The topological polar surface area (TPSA) is 58.6 Å². The summed E-state index contributed by atoms with van der Waals surface area (Å²) in [5.41, 5.74) is 0.326. The molecule has 1 aliphatic rings. The highest BCUT2D eigenvalue weighted by atomic mass is 19.2. The van der Waals surface area contributed by atoms with E-state index in [0.717, 1.165) is 29.2 Å². The van der Waals surface area contributed by atoms with Crippen LogP contribution in [0.5, 0.6) is 0 Å². The van der Waals surface area contributed by atoms with Crippen molar-refractivity contribution in [3.05, 3.63) is 71.2 Å². The van der Waals surface area contributed by atoms with Crippen molar-refractivity contribution in [2.45, 2.75) is 0 Å². The van der Waals surface area contributed by atoms with Crippen molar-refractivity contribution in [1.29, 1.82) is 0 Å². The summed E-state index contributed by atoms with van der Waals surface area (Å²) >= 11 is 0. The molecule has 8 heteroatoms. The summed E-state index contributed by atoms with van der Waals surface area (Å²) in [4.78, 5) is 26.4. The fraction of sp³-hybridized carbons (Fsp3) is 0.158. The van der Waals surface area contributed by atoms with Gasteiger partial charge in [-0.2, -0.15) is 0 Å². The number of carbonyl (C=O) groups excluding carboxylic acids is 2. The lowest BCUT2D eigenvalue weighted by atomic mass is 10.0. The molecule has 3 rings (SSSR count). The van der Waals surface area contributed by atoms with E-state index < -0.39 is 29.3 Å². The first kappa shape index (κ1) is 18.7. The van der Waals surface area contributed by atoms with Crippen LogP contribution in [-0.4, -0.2) is 37.0 Å². The molecule has 0 saturated heterocycles. The summed E-state index contributed by atoms with van der Waals surface area (Å²) in [6.07, 6.45) is 0. The highest BCUT2D eigenvalue weighted by Gasteiger charge is 2.39. The van der Waals surface area contributed by atoms with Crippen LogP contribution in [0.15, 0.2) is 48.2 Å². The van der Waals surface area contributed by atoms with E-state index in [4.69, 9.17) is 4.74 Å². The molecule has 0 spiro atoms. The molecule has 0 atom stereocenters. The molecule has 2 aromatic rings. The second-order valence-corrected chi connectivity index (χ2v) is 5.77. The van der Waals surface area contributed by atoms with Crippen LogP contribution < -0.4 is 5.32 Å². The Bertz CT molecular complexity index is 926. The normalized spacial score (nSPS) is 14.3. The molecule has 0 fully saturated rings. The maximum atomic E-state index is 13.5. The molecule has 0 saturated carbocycles. The maximum absolute atomic E-state index is 13.5. The van der Waals surface area contributed by atoms with Crippen molar-refractivity contribution in [3.8, 4) is 0 Å². The lowest BCUT2D eigenvalue weighted by Crippen LogP contribution is -2.35. The summed E-state index contributed by atoms with van der Waals surface area (Å²) in [7, 11) is 1.43. The van der Waals surface area contributed by atoms with E-state index >= 15 is 0 Å². The zero-order chi connectivity index (χ0) is 19.6. The van der Waals surface area contributed by atoms with Crippen molar-refractivity contribution >= 4 is 23.1 Å². The van der Waals surface area contributed by atoms with Crippen LogP contribution in [0.3, 0.4) is 0 Å². The van der Waals surface area contributed by atoms with Crippen LogP contribution >= 0.6 is 0 Å². The molecule has 1 aliphatic heterocycles. The third-order valence-corrected chi connectivity index (χ3v) is 4.01. The summed E-state index contributed by atoms with van der Waals surface area (Å²) in [6, 6.07) is 8.06. The Hall–Kier alpha value is -3.13. The van der Waals surface area contributed by atoms with Crippen LogP contribution in [0.1, 0.15) is 5.56 Å². The van der Waals surface area contributed by atoms with Crippen molar-refractivity contribution in [1.82, 2.24) is 4.90 Å². The Labute approximate surface area is 153 Å². The van der Waals surface area contributed by atoms with Gasteiger partial charge >= 0.3 is 0 Å². The molecule has 0 aromatic heterocycles. The zero-order valence-electron chi connectivity index (χ0n) is 14.3. The van der Waals surface area contributed by atoms with E-state index in [1.165, 1.54) is 25.3 Å². The van der Waals surface area contributed by atoms with Gasteiger partial charge in [0.25, 0.3) is 11.8 Å². The number of anilines is 1. The van der Waals surface area contributed by atoms with Gasteiger partial charge in [-0.3, -0.25) is 14.5 Å². The lowest BCUT2D eigenvalue weighted by molar-refractivity contribution is -0.137. The number of hydrogen-bond acceptors (Lipinski definition) is 4. The molecule has 0 aliphatic carbocycles. The SMILES string of the molecule is COCCN1C(=O)C(Nc2ccc(F)c(F)c2)=C(c2ccc(F)cc2)C1=O. The fourth-order valence-electron chi connectivity index (χ4n) is 2.68. The Morgan fingerprint density at radius 2 is 1.67 bits per heavy atom. The Balaban J connectivity index is 2.04. The van der Waals surface area contributed by atoms with Gasteiger partial charge in [0, 0.05) is 18.9 Å². The number of nitrogens with zero attached hydrogens (tertiary/aromatic N) is 1. The number of benzene rings is 2. The van der Waals surface area contributed by atoms with Gasteiger partial charge in [-0.15, -0.1) is 0 Å². The molecule has 1 heterocycles. The quantitative estimate of drug-likeness (QED) is 0.788. The molecule has 0 bridgehead atoms. The van der Waals surface area contributed by atoms with Gasteiger partial charge < -0.3 is 10.1 Å².